The summed E-state index contributed by atoms with van der Waals surface area (Å²) in [6.45, 7) is 0.396. The summed E-state index contributed by atoms with van der Waals surface area (Å²) >= 11 is 0. The van der Waals surface area contributed by atoms with Gasteiger partial charge in [0.2, 0.25) is 0 Å². The summed E-state index contributed by atoms with van der Waals surface area (Å²) < 4.78 is 22.7. The number of anilines is 1. The highest BCUT2D eigenvalue weighted by molar-refractivity contribution is 7.91. The highest BCUT2D eigenvalue weighted by Crippen LogP contribution is 2.17. The molecular formula is C13H19N3O3S. The van der Waals surface area contributed by atoms with Crippen molar-refractivity contribution in [2.75, 3.05) is 37.0 Å². The molecule has 0 bridgehead atoms. The van der Waals surface area contributed by atoms with Gasteiger partial charge in [-0.2, -0.15) is 0 Å². The number of nitrogens with one attached hydrogen (secondary N) is 1. The number of hydrogen-bond donors (Lipinski definition) is 1. The number of sulfone groups is 1. The van der Waals surface area contributed by atoms with Gasteiger partial charge in [0.15, 0.2) is 9.84 Å². The molecule has 0 aromatic carbocycles. The Kier molecular flexibility index (Phi) is 4.27. The first-order chi connectivity index (χ1) is 9.37. The first-order valence-electron chi connectivity index (χ1n) is 6.49. The number of amides is 1. The summed E-state index contributed by atoms with van der Waals surface area (Å²) in [5.41, 5.74) is 0.483. The molecule has 1 aliphatic rings. The Labute approximate surface area is 119 Å². The normalized spacial score (nSPS) is 20.6. The predicted octanol–water partition coefficient (Wildman–Crippen LogP) is 0.312. The van der Waals surface area contributed by atoms with Crippen molar-refractivity contribution in [2.45, 2.75) is 6.42 Å². The Bertz CT molecular complexity index is 581. The highest BCUT2D eigenvalue weighted by Gasteiger charge is 2.27. The maximum absolute atomic E-state index is 11.9. The third-order valence-electron chi connectivity index (χ3n) is 3.35. The van der Waals surface area contributed by atoms with E-state index < -0.39 is 9.84 Å². The molecule has 1 aliphatic heterocycles. The largest absolute Gasteiger partial charge is 0.363 e. The number of hydrogen-bond acceptors (Lipinski definition) is 5. The van der Waals surface area contributed by atoms with Gasteiger partial charge in [-0.1, -0.05) is 0 Å². The number of nitrogens with zero attached hydrogens (tertiary/aromatic N) is 2. The molecule has 2 heterocycles. The van der Waals surface area contributed by atoms with E-state index >= 15 is 0 Å². The second-order valence-electron chi connectivity index (χ2n) is 5.28. The molecule has 1 fully saturated rings. The molecule has 0 spiro atoms. The summed E-state index contributed by atoms with van der Waals surface area (Å²) in [5, 5.41) is 2.77. The van der Waals surface area contributed by atoms with Gasteiger partial charge in [0.05, 0.1) is 17.1 Å². The van der Waals surface area contributed by atoms with Gasteiger partial charge >= 0.3 is 0 Å². The number of carbonyl (C=O) groups excluding carboxylic acids is 1. The Morgan fingerprint density at radius 2 is 2.20 bits per heavy atom. The predicted molar refractivity (Wildman–Crippen MR) is 77.7 cm³/mol. The van der Waals surface area contributed by atoms with Crippen LogP contribution in [0.1, 0.15) is 16.8 Å². The van der Waals surface area contributed by atoms with Crippen LogP contribution in [0.2, 0.25) is 0 Å². The third-order valence-corrected chi connectivity index (χ3v) is 5.18. The Morgan fingerprint density at radius 3 is 2.70 bits per heavy atom. The van der Waals surface area contributed by atoms with Gasteiger partial charge in [-0.3, -0.25) is 4.79 Å². The second kappa shape index (κ2) is 5.78. The average Bonchev–Trinajstić information content (AvgIpc) is 2.75. The molecule has 0 saturated carbocycles. The zero-order valence-corrected chi connectivity index (χ0v) is 12.5. The fourth-order valence-electron chi connectivity index (χ4n) is 2.16. The minimum Gasteiger partial charge on any atom is -0.363 e. The fourth-order valence-corrected chi connectivity index (χ4v) is 4.02. The molecule has 0 unspecified atom stereocenters. The van der Waals surface area contributed by atoms with Crippen LogP contribution >= 0.6 is 0 Å². The summed E-state index contributed by atoms with van der Waals surface area (Å²) in [5.74, 6) is 0.992. The molecule has 0 radical (unpaired) electrons. The van der Waals surface area contributed by atoms with Crippen molar-refractivity contribution in [3.05, 3.63) is 23.9 Å². The van der Waals surface area contributed by atoms with Crippen molar-refractivity contribution in [2.24, 2.45) is 5.92 Å². The molecule has 1 aromatic heterocycles. The van der Waals surface area contributed by atoms with Gasteiger partial charge in [0.25, 0.3) is 5.91 Å². The molecule has 20 heavy (non-hydrogen) atoms. The van der Waals surface area contributed by atoms with E-state index in [9.17, 15) is 13.2 Å². The lowest BCUT2D eigenvalue weighted by Gasteiger charge is -2.12. The molecule has 1 aromatic rings. The lowest BCUT2D eigenvalue weighted by Crippen LogP contribution is -2.30. The van der Waals surface area contributed by atoms with Crippen LogP contribution in [0.5, 0.6) is 0 Å². The minimum absolute atomic E-state index is 0.0259. The minimum atomic E-state index is -2.89. The number of rotatable bonds is 4. The van der Waals surface area contributed by atoms with Crippen LogP contribution in [-0.4, -0.2) is 51.5 Å². The summed E-state index contributed by atoms with van der Waals surface area (Å²) in [7, 11) is 0.863. The Hall–Kier alpha value is -1.63. The number of pyridine rings is 1. The summed E-state index contributed by atoms with van der Waals surface area (Å²) in [6, 6.07) is 3.48. The number of aromatic nitrogens is 1. The van der Waals surface area contributed by atoms with Crippen LogP contribution in [0.25, 0.3) is 0 Å². The van der Waals surface area contributed by atoms with E-state index in [1.807, 2.05) is 19.0 Å². The SMILES string of the molecule is CN(C)c1ccc(C(=O)NC[C@H]2CCS(=O)(=O)C2)cn1. The van der Waals surface area contributed by atoms with Crippen molar-refractivity contribution in [1.29, 1.82) is 0 Å². The molecule has 1 N–H and O–H groups in total. The lowest BCUT2D eigenvalue weighted by atomic mass is 10.1. The molecule has 7 heteroatoms. The molecule has 2 rings (SSSR count). The van der Waals surface area contributed by atoms with Crippen LogP contribution in [0.4, 0.5) is 5.82 Å². The van der Waals surface area contributed by atoms with E-state index in [2.05, 4.69) is 10.3 Å². The Morgan fingerprint density at radius 1 is 1.45 bits per heavy atom. The quantitative estimate of drug-likeness (QED) is 0.865. The average molecular weight is 297 g/mol. The first-order valence-corrected chi connectivity index (χ1v) is 8.31. The zero-order chi connectivity index (χ0) is 14.8. The molecule has 0 aliphatic carbocycles. The smallest absolute Gasteiger partial charge is 0.252 e. The first kappa shape index (κ1) is 14.8. The molecule has 1 saturated heterocycles. The van der Waals surface area contributed by atoms with Gasteiger partial charge in [0, 0.05) is 26.8 Å². The van der Waals surface area contributed by atoms with E-state index in [1.54, 1.807) is 12.1 Å². The van der Waals surface area contributed by atoms with Crippen LogP contribution < -0.4 is 10.2 Å². The van der Waals surface area contributed by atoms with Gasteiger partial charge < -0.3 is 10.2 Å². The molecular weight excluding hydrogens is 278 g/mol. The van der Waals surface area contributed by atoms with Crippen molar-refractivity contribution in [3.8, 4) is 0 Å². The maximum Gasteiger partial charge on any atom is 0.252 e. The molecule has 6 nitrogen and oxygen atoms in total. The van der Waals surface area contributed by atoms with Crippen molar-refractivity contribution in [1.82, 2.24) is 10.3 Å². The van der Waals surface area contributed by atoms with Crippen molar-refractivity contribution in [3.63, 3.8) is 0 Å². The van der Waals surface area contributed by atoms with Crippen LogP contribution in [0.15, 0.2) is 18.3 Å². The monoisotopic (exact) mass is 297 g/mol. The van der Waals surface area contributed by atoms with Gasteiger partial charge in [-0.15, -0.1) is 0 Å². The standard InChI is InChI=1S/C13H19N3O3S/c1-16(2)12-4-3-11(8-14-12)13(17)15-7-10-5-6-20(18,19)9-10/h3-4,8,10H,5-7,9H2,1-2H3,(H,15,17)/t10-/m1/s1. The third kappa shape index (κ3) is 3.69. The van der Waals surface area contributed by atoms with Crippen LogP contribution in [0, 0.1) is 5.92 Å². The fraction of sp³-hybridized carbons (Fsp3) is 0.538. The van der Waals surface area contributed by atoms with E-state index in [0.29, 0.717) is 18.5 Å². The van der Waals surface area contributed by atoms with E-state index in [-0.39, 0.29) is 23.3 Å². The highest BCUT2D eigenvalue weighted by atomic mass is 32.2. The van der Waals surface area contributed by atoms with Crippen LogP contribution in [-0.2, 0) is 9.84 Å². The van der Waals surface area contributed by atoms with E-state index in [4.69, 9.17) is 0 Å². The topological polar surface area (TPSA) is 79.4 Å². The number of carbonyl (C=O) groups is 1. The lowest BCUT2D eigenvalue weighted by molar-refractivity contribution is 0.0948. The second-order valence-corrected chi connectivity index (χ2v) is 7.51. The molecule has 1 amide bonds. The zero-order valence-electron chi connectivity index (χ0n) is 11.7. The van der Waals surface area contributed by atoms with Crippen molar-refractivity contribution >= 4 is 21.6 Å². The summed E-state index contributed by atoms with van der Waals surface area (Å²) in [6.07, 6.45) is 2.15. The molecule has 1 atom stereocenters. The van der Waals surface area contributed by atoms with Crippen molar-refractivity contribution < 1.29 is 13.2 Å². The summed E-state index contributed by atoms with van der Waals surface area (Å²) in [4.78, 5) is 18.0. The maximum atomic E-state index is 11.9. The van der Waals surface area contributed by atoms with Gasteiger partial charge in [-0.25, -0.2) is 13.4 Å². The van der Waals surface area contributed by atoms with E-state index in [1.165, 1.54) is 6.20 Å². The Balaban J connectivity index is 1.89. The van der Waals surface area contributed by atoms with Gasteiger partial charge in [-0.05, 0) is 24.5 Å². The van der Waals surface area contributed by atoms with Crippen LogP contribution in [0.3, 0.4) is 0 Å². The van der Waals surface area contributed by atoms with Gasteiger partial charge in [0.1, 0.15) is 5.82 Å². The van der Waals surface area contributed by atoms with E-state index in [0.717, 1.165) is 5.82 Å². The molecule has 110 valence electrons.